The maximum atomic E-state index is 12.4. The van der Waals surface area contributed by atoms with E-state index in [0.717, 1.165) is 16.5 Å². The summed E-state index contributed by atoms with van der Waals surface area (Å²) < 4.78 is 21.8. The van der Waals surface area contributed by atoms with Crippen molar-refractivity contribution in [2.75, 3.05) is 6.79 Å². The van der Waals surface area contributed by atoms with Crippen LogP contribution in [0.2, 0.25) is 5.02 Å². The van der Waals surface area contributed by atoms with Crippen LogP contribution in [0.1, 0.15) is 27.2 Å². The van der Waals surface area contributed by atoms with Crippen LogP contribution in [0.25, 0.3) is 11.0 Å². The van der Waals surface area contributed by atoms with Crippen molar-refractivity contribution < 1.29 is 23.4 Å². The summed E-state index contributed by atoms with van der Waals surface area (Å²) in [7, 11) is 0. The standard InChI is InChI=1S/C19H15ClO5/c1-11-15-4-2-3-5-16(15)25-17(11)19(21)23-9-13-7-14(20)6-12-8-22-10-24-18(12)13/h2-7H,8-10H2,1H3. The summed E-state index contributed by atoms with van der Waals surface area (Å²) in [5.74, 6) is 0.348. The molecule has 0 saturated carbocycles. The quantitative estimate of drug-likeness (QED) is 0.639. The number of esters is 1. The van der Waals surface area contributed by atoms with Gasteiger partial charge in [-0.05, 0) is 25.1 Å². The number of ether oxygens (including phenoxy) is 3. The second kappa shape index (κ2) is 6.43. The van der Waals surface area contributed by atoms with Gasteiger partial charge in [0.2, 0.25) is 5.76 Å². The van der Waals surface area contributed by atoms with Crippen LogP contribution in [0, 0.1) is 6.92 Å². The van der Waals surface area contributed by atoms with E-state index < -0.39 is 5.97 Å². The molecule has 0 radical (unpaired) electrons. The summed E-state index contributed by atoms with van der Waals surface area (Å²) in [6, 6.07) is 11.0. The lowest BCUT2D eigenvalue weighted by molar-refractivity contribution is -0.0180. The summed E-state index contributed by atoms with van der Waals surface area (Å²) >= 11 is 6.12. The minimum Gasteiger partial charge on any atom is -0.467 e. The largest absolute Gasteiger partial charge is 0.467 e. The molecular formula is C19H15ClO5. The van der Waals surface area contributed by atoms with Crippen LogP contribution >= 0.6 is 11.6 Å². The summed E-state index contributed by atoms with van der Waals surface area (Å²) in [4.78, 5) is 12.4. The number of halogens is 1. The number of fused-ring (bicyclic) bond motifs is 2. The monoisotopic (exact) mass is 358 g/mol. The first-order valence-corrected chi connectivity index (χ1v) is 8.18. The fourth-order valence-electron chi connectivity index (χ4n) is 2.94. The minimum atomic E-state index is -0.519. The Balaban J connectivity index is 1.58. The van der Waals surface area contributed by atoms with Gasteiger partial charge in [-0.2, -0.15) is 0 Å². The van der Waals surface area contributed by atoms with Crippen molar-refractivity contribution >= 4 is 28.5 Å². The number of hydrogen-bond donors (Lipinski definition) is 0. The third kappa shape index (κ3) is 2.97. The van der Waals surface area contributed by atoms with Gasteiger partial charge in [0.1, 0.15) is 17.9 Å². The number of rotatable bonds is 3. The summed E-state index contributed by atoms with van der Waals surface area (Å²) in [6.07, 6.45) is 0. The molecule has 1 aliphatic heterocycles. The lowest BCUT2D eigenvalue weighted by atomic mass is 10.1. The van der Waals surface area contributed by atoms with Gasteiger partial charge in [0.25, 0.3) is 0 Å². The molecule has 0 aliphatic carbocycles. The molecule has 1 aliphatic rings. The fourth-order valence-corrected chi connectivity index (χ4v) is 3.21. The van der Waals surface area contributed by atoms with E-state index in [1.54, 1.807) is 12.1 Å². The topological polar surface area (TPSA) is 57.9 Å². The Morgan fingerprint density at radius 1 is 1.28 bits per heavy atom. The van der Waals surface area contributed by atoms with Crippen molar-refractivity contribution in [1.82, 2.24) is 0 Å². The average Bonchev–Trinajstić information content (AvgIpc) is 2.96. The normalized spacial score (nSPS) is 13.4. The molecule has 3 aromatic rings. The molecule has 5 nitrogen and oxygen atoms in total. The fraction of sp³-hybridized carbons (Fsp3) is 0.211. The van der Waals surface area contributed by atoms with Crippen molar-refractivity contribution in [1.29, 1.82) is 0 Å². The molecule has 6 heteroatoms. The Labute approximate surface area is 149 Å². The van der Waals surface area contributed by atoms with Gasteiger partial charge in [0, 0.05) is 27.1 Å². The molecule has 0 bridgehead atoms. The molecular weight excluding hydrogens is 344 g/mol. The van der Waals surface area contributed by atoms with E-state index in [-0.39, 0.29) is 19.2 Å². The molecule has 0 atom stereocenters. The van der Waals surface area contributed by atoms with Crippen molar-refractivity contribution in [2.24, 2.45) is 0 Å². The minimum absolute atomic E-state index is 0.0399. The molecule has 2 heterocycles. The number of hydrogen-bond acceptors (Lipinski definition) is 5. The van der Waals surface area contributed by atoms with E-state index in [4.69, 9.17) is 30.2 Å². The van der Waals surface area contributed by atoms with Crippen LogP contribution < -0.4 is 4.74 Å². The van der Waals surface area contributed by atoms with Crippen LogP contribution in [0.5, 0.6) is 5.75 Å². The Morgan fingerprint density at radius 2 is 2.12 bits per heavy atom. The maximum absolute atomic E-state index is 12.4. The van der Waals surface area contributed by atoms with Crippen molar-refractivity contribution in [3.63, 3.8) is 0 Å². The highest BCUT2D eigenvalue weighted by molar-refractivity contribution is 6.30. The van der Waals surface area contributed by atoms with Crippen molar-refractivity contribution in [2.45, 2.75) is 20.1 Å². The second-order valence-corrected chi connectivity index (χ2v) is 6.23. The van der Waals surface area contributed by atoms with Gasteiger partial charge in [-0.25, -0.2) is 4.79 Å². The van der Waals surface area contributed by atoms with E-state index in [1.165, 1.54) is 0 Å². The first-order valence-electron chi connectivity index (χ1n) is 7.80. The molecule has 0 N–H and O–H groups in total. The smallest absolute Gasteiger partial charge is 0.374 e. The highest BCUT2D eigenvalue weighted by Gasteiger charge is 2.21. The van der Waals surface area contributed by atoms with E-state index >= 15 is 0 Å². The Hall–Kier alpha value is -2.50. The average molecular weight is 359 g/mol. The highest BCUT2D eigenvalue weighted by atomic mass is 35.5. The zero-order chi connectivity index (χ0) is 17.4. The van der Waals surface area contributed by atoms with Gasteiger partial charge in [-0.15, -0.1) is 0 Å². The second-order valence-electron chi connectivity index (χ2n) is 5.79. The number of furan rings is 1. The molecule has 1 aromatic heterocycles. The zero-order valence-corrected chi connectivity index (χ0v) is 14.3. The third-order valence-electron chi connectivity index (χ3n) is 4.14. The Kier molecular flexibility index (Phi) is 4.11. The van der Waals surface area contributed by atoms with Crippen molar-refractivity contribution in [3.8, 4) is 5.75 Å². The van der Waals surface area contributed by atoms with E-state index in [0.29, 0.717) is 28.5 Å². The first-order chi connectivity index (χ1) is 12.1. The lowest BCUT2D eigenvalue weighted by Gasteiger charge is -2.21. The molecule has 0 amide bonds. The van der Waals surface area contributed by atoms with Crippen molar-refractivity contribution in [3.05, 3.63) is 63.9 Å². The van der Waals surface area contributed by atoms with Crippen LogP contribution in [-0.4, -0.2) is 12.8 Å². The number of carbonyl (C=O) groups is 1. The van der Waals surface area contributed by atoms with E-state index in [9.17, 15) is 4.79 Å². The maximum Gasteiger partial charge on any atom is 0.374 e. The molecule has 0 spiro atoms. The Morgan fingerprint density at radius 3 is 2.96 bits per heavy atom. The van der Waals surface area contributed by atoms with Gasteiger partial charge in [0.05, 0.1) is 6.61 Å². The molecule has 25 heavy (non-hydrogen) atoms. The van der Waals surface area contributed by atoms with Gasteiger partial charge < -0.3 is 18.6 Å². The van der Waals surface area contributed by atoms with Crippen LogP contribution in [0.15, 0.2) is 40.8 Å². The summed E-state index contributed by atoms with van der Waals surface area (Å²) in [6.45, 7) is 2.46. The molecule has 128 valence electrons. The predicted molar refractivity (Wildman–Crippen MR) is 91.8 cm³/mol. The van der Waals surface area contributed by atoms with Gasteiger partial charge >= 0.3 is 5.97 Å². The van der Waals surface area contributed by atoms with Gasteiger partial charge in [0.15, 0.2) is 6.79 Å². The lowest BCUT2D eigenvalue weighted by Crippen LogP contribution is -2.14. The number of aryl methyl sites for hydroxylation is 1. The molecule has 2 aromatic carbocycles. The molecule has 0 unspecified atom stereocenters. The number of benzene rings is 2. The molecule has 0 fully saturated rings. The van der Waals surface area contributed by atoms with Gasteiger partial charge in [-0.3, -0.25) is 0 Å². The molecule has 4 rings (SSSR count). The number of para-hydroxylation sites is 1. The summed E-state index contributed by atoms with van der Waals surface area (Å²) in [5.41, 5.74) is 2.96. The predicted octanol–water partition coefficient (Wildman–Crippen LogP) is 4.62. The molecule has 0 saturated heterocycles. The number of carbonyl (C=O) groups excluding carboxylic acids is 1. The summed E-state index contributed by atoms with van der Waals surface area (Å²) in [5, 5.41) is 1.44. The van der Waals surface area contributed by atoms with Crippen LogP contribution in [-0.2, 0) is 22.7 Å². The van der Waals surface area contributed by atoms with E-state index in [1.807, 2.05) is 31.2 Å². The zero-order valence-electron chi connectivity index (χ0n) is 13.5. The Bertz CT molecular complexity index is 960. The highest BCUT2D eigenvalue weighted by Crippen LogP contribution is 2.32. The van der Waals surface area contributed by atoms with Gasteiger partial charge in [-0.1, -0.05) is 29.8 Å². The van der Waals surface area contributed by atoms with Crippen LogP contribution in [0.4, 0.5) is 0 Å². The first kappa shape index (κ1) is 16.0. The van der Waals surface area contributed by atoms with Crippen LogP contribution in [0.3, 0.4) is 0 Å². The van der Waals surface area contributed by atoms with E-state index in [2.05, 4.69) is 0 Å². The SMILES string of the molecule is Cc1c(C(=O)OCc2cc(Cl)cc3c2OCOC3)oc2ccccc12. The third-order valence-corrected chi connectivity index (χ3v) is 4.36.